The Balaban J connectivity index is 0.000000129. The second-order valence-electron chi connectivity index (χ2n) is 32.2. The molecule has 34 heteroatoms. The number of amides is 5. The van der Waals surface area contributed by atoms with Crippen molar-refractivity contribution in [2.45, 2.75) is 116 Å². The van der Waals surface area contributed by atoms with Crippen LogP contribution >= 0.6 is 0 Å². The van der Waals surface area contributed by atoms with Gasteiger partial charge in [0.25, 0.3) is 23.6 Å². The van der Waals surface area contributed by atoms with E-state index in [1.807, 2.05) is 43.3 Å². The van der Waals surface area contributed by atoms with Gasteiger partial charge >= 0.3 is 0 Å². The van der Waals surface area contributed by atoms with Gasteiger partial charge in [-0.2, -0.15) is 19.9 Å². The molecule has 2 fully saturated rings. The van der Waals surface area contributed by atoms with E-state index in [1.165, 1.54) is 94.1 Å². The molecule has 2 aliphatic heterocycles. The Labute approximate surface area is 719 Å². The molecule has 0 atom stereocenters. The van der Waals surface area contributed by atoms with Crippen molar-refractivity contribution >= 4 is 97.5 Å². The van der Waals surface area contributed by atoms with Gasteiger partial charge in [0.2, 0.25) is 51.4 Å². The zero-order valence-corrected chi connectivity index (χ0v) is 70.5. The maximum atomic E-state index is 12.9. The molecule has 0 bridgehead atoms. The first-order valence-corrected chi connectivity index (χ1v) is 42.7. The molecule has 2 saturated heterocycles. The first-order valence-electron chi connectivity index (χ1n) is 42.7. The summed E-state index contributed by atoms with van der Waals surface area (Å²) >= 11 is 0. The lowest BCUT2D eigenvalue weighted by atomic mass is 10.1. The predicted molar refractivity (Wildman–Crippen MR) is 479 cm³/mol. The van der Waals surface area contributed by atoms with Gasteiger partial charge in [-0.1, -0.05) is 24.3 Å². The molecular formula is C91H103N23O11. The number of fused-ring (bicyclic) bond motifs is 8. The van der Waals surface area contributed by atoms with Crippen LogP contribution in [0.2, 0.25) is 0 Å². The van der Waals surface area contributed by atoms with Crippen LogP contribution in [-0.4, -0.2) is 209 Å². The number of nitrogens with one attached hydrogen (secondary N) is 4. The van der Waals surface area contributed by atoms with Crippen LogP contribution in [-0.2, 0) is 65.6 Å². The SMILES string of the molecule is CN(C)CCCNc1ncc2c(=O)c(C(N)=O)cn(-c3ccc4c(c3)CCC4)c2n1.COCCCNc1ncc2c(=O)c(C(N)=O)cn(-c3ccc4c(c3)CCC4)c2n1.NC(=O)c1cn(-c2ccc3c(c2)CCC3)c2nc(NCCCN3CCCC3=O)ncc2c1=O.NC(=O)c1cn(-c2ccc3c(c2)CCC3)c2nc(NCCCN3CCOCC3)ncc2c1=O. The number of hydrogen-bond donors (Lipinski definition) is 8. The molecule has 8 aromatic heterocycles. The molecule has 0 unspecified atom stereocenters. The Bertz CT molecular complexity index is 6400. The molecule has 0 radical (unpaired) electrons. The van der Waals surface area contributed by atoms with Crippen molar-refractivity contribution in [3.05, 3.63) is 230 Å². The maximum absolute atomic E-state index is 12.9. The van der Waals surface area contributed by atoms with Crippen LogP contribution < -0.4 is 65.9 Å². The molecule has 12 N–H and O–H groups in total. The van der Waals surface area contributed by atoms with Gasteiger partial charge in [-0.25, -0.2) is 19.9 Å². The van der Waals surface area contributed by atoms with Gasteiger partial charge < -0.3 is 81.7 Å². The van der Waals surface area contributed by atoms with Gasteiger partial charge in [-0.15, -0.1) is 0 Å². The van der Waals surface area contributed by atoms with E-state index in [0.717, 1.165) is 178 Å². The second kappa shape index (κ2) is 39.3. The monoisotopic (exact) mass is 1690 g/mol. The first kappa shape index (κ1) is 86.4. The van der Waals surface area contributed by atoms with Gasteiger partial charge in [0.1, 0.15) is 22.3 Å². The average molecular weight is 1690 g/mol. The Kier molecular flexibility index (Phi) is 27.2. The zero-order valence-electron chi connectivity index (χ0n) is 70.5. The van der Waals surface area contributed by atoms with Crippen LogP contribution in [0.1, 0.15) is 150 Å². The summed E-state index contributed by atoms with van der Waals surface area (Å²) in [5, 5.41) is 13.8. The number of likely N-dealkylation sites (tertiary alicyclic amines) is 1. The van der Waals surface area contributed by atoms with E-state index in [2.05, 4.69) is 119 Å². The fourth-order valence-electron chi connectivity index (χ4n) is 16.9. The molecule has 0 saturated carbocycles. The molecule has 4 aromatic carbocycles. The number of aryl methyl sites for hydroxylation is 8. The highest BCUT2D eigenvalue weighted by molar-refractivity contribution is 5.99. The van der Waals surface area contributed by atoms with Crippen LogP contribution in [0.4, 0.5) is 23.8 Å². The van der Waals surface area contributed by atoms with Crippen LogP contribution in [0, 0.1) is 0 Å². The van der Waals surface area contributed by atoms with E-state index in [4.69, 9.17) is 32.4 Å². The van der Waals surface area contributed by atoms with E-state index in [9.17, 15) is 43.2 Å². The standard InChI is InChI=1S/C24H26N6O3.C24H28N6O3.C22H26N6O2.C21H23N5O3/c25-22(33)19-14-30(17-8-7-15-4-1-5-16(15)12-17)23-18(21(19)32)13-27-24(28-23)26-9-3-11-29-10-2-6-20(29)31;25-22(32)20-15-30(18-6-5-16-3-1-4-17(16)13-18)23-19(21(20)31)14-27-24(28-23)26-7-2-8-29-9-11-33-12-10-29;1-27(2)10-4-9-24-22-25-12-17-19(29)18(20(23)30)13-28(21(17)26-22)16-8-7-14-5-3-6-15(14)11-16;1-29-9-3-8-23-21-24-11-16-18(27)17(19(22)28)12-26(20(16)25-21)15-7-6-13-4-2-5-14(13)10-15/h7-8,12-14H,1-6,9-11H2,(H2,25,33)(H,26,27,28);5-6,13-15H,1-4,7-12H2,(H2,25,32)(H,26,27,28);7-8,11-13H,3-6,9-10H2,1-2H3,(H2,23,30)(H,24,25,26);6-7,10-12H,2-5,8-9H2,1H3,(H2,22,28)(H,23,24,25). The van der Waals surface area contributed by atoms with Crippen LogP contribution in [0.15, 0.2) is 142 Å². The number of primary amides is 4. The minimum absolute atomic E-state index is 0.0710. The van der Waals surface area contributed by atoms with Gasteiger partial charge in [-0.3, -0.25) is 48.1 Å². The van der Waals surface area contributed by atoms with Crippen molar-refractivity contribution in [3.63, 3.8) is 0 Å². The summed E-state index contributed by atoms with van der Waals surface area (Å²) in [4.78, 5) is 152. The summed E-state index contributed by atoms with van der Waals surface area (Å²) in [7, 11) is 5.70. The fourth-order valence-corrected chi connectivity index (χ4v) is 16.9. The third kappa shape index (κ3) is 19.9. The minimum Gasteiger partial charge on any atom is -0.385 e. The molecule has 648 valence electrons. The highest BCUT2D eigenvalue weighted by Gasteiger charge is 2.26. The number of methoxy groups -OCH3 is 1. The Morgan fingerprint density at radius 1 is 0.400 bits per heavy atom. The number of pyridine rings is 4. The van der Waals surface area contributed by atoms with Crippen molar-refractivity contribution in [2.75, 3.05) is 128 Å². The van der Waals surface area contributed by atoms with E-state index in [1.54, 1.807) is 25.4 Å². The number of benzene rings is 4. The fraction of sp³-hybridized carbons (Fsp3) is 0.374. The second-order valence-corrected chi connectivity index (χ2v) is 32.2. The Morgan fingerprint density at radius 2 is 0.712 bits per heavy atom. The highest BCUT2D eigenvalue weighted by atomic mass is 16.5. The van der Waals surface area contributed by atoms with Crippen molar-refractivity contribution in [1.82, 2.24) is 72.8 Å². The molecule has 34 nitrogen and oxygen atoms in total. The van der Waals surface area contributed by atoms with Gasteiger partial charge in [0, 0.05) is 145 Å². The molecule has 125 heavy (non-hydrogen) atoms. The normalized spacial score (nSPS) is 14.4. The van der Waals surface area contributed by atoms with Gasteiger partial charge in [-0.05, 0) is 229 Å². The van der Waals surface area contributed by atoms with E-state index < -0.39 is 45.3 Å². The summed E-state index contributed by atoms with van der Waals surface area (Å²) in [6.45, 7) is 10.2. The number of nitrogens with two attached hydrogens (primary N) is 4. The molecule has 6 aliphatic rings. The first-order chi connectivity index (χ1) is 60.6. The lowest BCUT2D eigenvalue weighted by Crippen LogP contribution is -2.37. The van der Waals surface area contributed by atoms with Crippen LogP contribution in [0.5, 0.6) is 0 Å². The zero-order chi connectivity index (χ0) is 87.4. The lowest BCUT2D eigenvalue weighted by Gasteiger charge is -2.26. The summed E-state index contributed by atoms with van der Waals surface area (Å²) < 4.78 is 17.5. The number of carbonyl (C=O) groups is 5. The number of nitrogens with zero attached hydrogens (tertiary/aromatic N) is 15. The summed E-state index contributed by atoms with van der Waals surface area (Å²) in [6.07, 6.45) is 29.7. The largest absolute Gasteiger partial charge is 0.385 e. The number of anilines is 4. The number of rotatable bonds is 28. The summed E-state index contributed by atoms with van der Waals surface area (Å²) in [5.41, 5.74) is 35.3. The summed E-state index contributed by atoms with van der Waals surface area (Å²) in [6, 6.07) is 24.7. The topological polar surface area (TPSA) is 457 Å². The maximum Gasteiger partial charge on any atom is 0.254 e. The van der Waals surface area contributed by atoms with E-state index >= 15 is 0 Å². The van der Waals surface area contributed by atoms with E-state index in [0.29, 0.717) is 92.1 Å². The van der Waals surface area contributed by atoms with Crippen molar-refractivity contribution in [1.29, 1.82) is 0 Å². The average Bonchev–Trinajstić information content (AvgIpc) is 1.72. The molecule has 10 heterocycles. The highest BCUT2D eigenvalue weighted by Crippen LogP contribution is 2.32. The molecular weight excluding hydrogens is 1590 g/mol. The van der Waals surface area contributed by atoms with Crippen LogP contribution in [0.3, 0.4) is 0 Å². The smallest absolute Gasteiger partial charge is 0.254 e. The predicted octanol–water partition coefficient (Wildman–Crippen LogP) is 6.84. The molecule has 18 rings (SSSR count). The van der Waals surface area contributed by atoms with Crippen molar-refractivity contribution in [3.8, 4) is 22.7 Å². The Morgan fingerprint density at radius 3 is 1.02 bits per heavy atom. The third-order valence-electron chi connectivity index (χ3n) is 23.5. The molecule has 0 spiro atoms. The number of ether oxygens (including phenoxy) is 2. The number of hydrogen-bond acceptors (Lipinski definition) is 25. The number of carbonyl (C=O) groups excluding carboxylic acids is 5. The summed E-state index contributed by atoms with van der Waals surface area (Å²) in [5.74, 6) is -1.17. The van der Waals surface area contributed by atoms with Gasteiger partial charge in [0.15, 0.2) is 22.6 Å². The Hall–Kier alpha value is -13.6. The van der Waals surface area contributed by atoms with E-state index in [-0.39, 0.29) is 49.7 Å². The van der Waals surface area contributed by atoms with Crippen LogP contribution in [0.25, 0.3) is 66.9 Å². The lowest BCUT2D eigenvalue weighted by molar-refractivity contribution is -0.127. The third-order valence-corrected chi connectivity index (χ3v) is 23.5. The number of morpholine rings is 1. The minimum atomic E-state index is -0.782. The number of aromatic nitrogens is 12. The van der Waals surface area contributed by atoms with Crippen molar-refractivity contribution < 1.29 is 33.4 Å². The van der Waals surface area contributed by atoms with Crippen molar-refractivity contribution in [2.24, 2.45) is 22.9 Å². The molecule has 4 aliphatic carbocycles. The quantitative estimate of drug-likeness (QED) is 0.0232. The molecule has 5 amide bonds. The molecule has 12 aromatic rings. The van der Waals surface area contributed by atoms with Gasteiger partial charge in [0.05, 0.1) is 34.8 Å².